The lowest BCUT2D eigenvalue weighted by molar-refractivity contribution is 0.714. The minimum Gasteiger partial charge on any atom is -0.360 e. The molecule has 1 atom stereocenters. The van der Waals surface area contributed by atoms with E-state index in [2.05, 4.69) is 25.5 Å². The van der Waals surface area contributed by atoms with Crippen LogP contribution in [0, 0.1) is 0 Å². The second-order valence-electron chi connectivity index (χ2n) is 4.01. The van der Waals surface area contributed by atoms with Gasteiger partial charge in [0.25, 0.3) is 0 Å². The van der Waals surface area contributed by atoms with E-state index in [9.17, 15) is 0 Å². The normalized spacial score (nSPS) is 12.4. The summed E-state index contributed by atoms with van der Waals surface area (Å²) in [6, 6.07) is 1.70. The Bertz CT molecular complexity index is 538. The highest BCUT2D eigenvalue weighted by molar-refractivity contribution is 6.29. The second-order valence-corrected chi connectivity index (χ2v) is 4.40. The third-order valence-electron chi connectivity index (χ3n) is 2.56. The molecule has 0 radical (unpaired) electrons. The molecule has 7 heteroatoms. The van der Waals surface area contributed by atoms with Crippen LogP contribution in [0.5, 0.6) is 0 Å². The van der Waals surface area contributed by atoms with Crippen molar-refractivity contribution < 1.29 is 0 Å². The Balaban J connectivity index is 2.19. The van der Waals surface area contributed by atoms with Crippen molar-refractivity contribution >= 4 is 17.4 Å². The molecular formula is C11H15ClN6. The van der Waals surface area contributed by atoms with Crippen molar-refractivity contribution in [3.05, 3.63) is 29.2 Å². The fourth-order valence-electron chi connectivity index (χ4n) is 1.67. The molecule has 0 bridgehead atoms. The Morgan fingerprint density at radius 1 is 1.44 bits per heavy atom. The van der Waals surface area contributed by atoms with Gasteiger partial charge < -0.3 is 9.88 Å². The summed E-state index contributed by atoms with van der Waals surface area (Å²) in [6.45, 7) is 3.98. The Hall–Kier alpha value is -1.69. The molecule has 0 amide bonds. The van der Waals surface area contributed by atoms with Gasteiger partial charge in [-0.1, -0.05) is 18.5 Å². The summed E-state index contributed by atoms with van der Waals surface area (Å²) in [7, 11) is 1.90. The molecule has 0 aliphatic carbocycles. The molecule has 18 heavy (non-hydrogen) atoms. The number of nitrogens with zero attached hydrogens (tertiary/aromatic N) is 5. The third-order valence-corrected chi connectivity index (χ3v) is 2.75. The molecule has 0 aromatic carbocycles. The minimum atomic E-state index is -0.00632. The zero-order valence-corrected chi connectivity index (χ0v) is 11.3. The Morgan fingerprint density at radius 3 is 2.83 bits per heavy atom. The van der Waals surface area contributed by atoms with Gasteiger partial charge in [-0.3, -0.25) is 0 Å². The molecular weight excluding hydrogens is 252 g/mol. The van der Waals surface area contributed by atoms with E-state index < -0.39 is 0 Å². The van der Waals surface area contributed by atoms with E-state index in [0.717, 1.165) is 18.1 Å². The molecule has 0 saturated carbocycles. The number of hydrogen-bond acceptors (Lipinski definition) is 5. The highest BCUT2D eigenvalue weighted by Crippen LogP contribution is 2.18. The van der Waals surface area contributed by atoms with Crippen LogP contribution in [-0.4, -0.2) is 24.7 Å². The summed E-state index contributed by atoms with van der Waals surface area (Å²) in [6.07, 6.45) is 2.41. The lowest BCUT2D eigenvalue weighted by Crippen LogP contribution is -2.13. The topological polar surface area (TPSA) is 68.5 Å². The first-order chi connectivity index (χ1) is 8.60. The molecule has 2 rings (SSSR count). The van der Waals surface area contributed by atoms with Gasteiger partial charge in [0.1, 0.15) is 23.1 Å². The van der Waals surface area contributed by atoms with Crippen molar-refractivity contribution in [3.63, 3.8) is 0 Å². The first-order valence-electron chi connectivity index (χ1n) is 5.74. The predicted octanol–water partition coefficient (Wildman–Crippen LogP) is 1.99. The van der Waals surface area contributed by atoms with E-state index >= 15 is 0 Å². The van der Waals surface area contributed by atoms with Gasteiger partial charge in [-0.25, -0.2) is 9.97 Å². The summed E-state index contributed by atoms with van der Waals surface area (Å²) in [5.41, 5.74) is 0. The van der Waals surface area contributed by atoms with E-state index in [1.54, 1.807) is 12.4 Å². The number of halogens is 1. The Labute approximate surface area is 110 Å². The van der Waals surface area contributed by atoms with E-state index in [1.165, 1.54) is 0 Å². The van der Waals surface area contributed by atoms with E-state index in [-0.39, 0.29) is 6.04 Å². The van der Waals surface area contributed by atoms with Crippen molar-refractivity contribution in [2.24, 2.45) is 7.05 Å². The van der Waals surface area contributed by atoms with Crippen LogP contribution in [0.25, 0.3) is 0 Å². The zero-order valence-electron chi connectivity index (χ0n) is 10.6. The highest BCUT2D eigenvalue weighted by atomic mass is 35.5. The average molecular weight is 267 g/mol. The van der Waals surface area contributed by atoms with E-state index in [0.29, 0.717) is 11.0 Å². The molecule has 2 aromatic rings. The standard InChI is InChI=1S/C11H15ClN6/c1-4-9-15-8(12)5-10(16-9)14-7(2)11-17-13-6-18(11)3/h5-7H,4H2,1-3H3,(H,14,15,16). The van der Waals surface area contributed by atoms with E-state index in [4.69, 9.17) is 11.6 Å². The summed E-state index contributed by atoms with van der Waals surface area (Å²) >= 11 is 5.94. The number of hydrogen-bond donors (Lipinski definition) is 1. The van der Waals surface area contributed by atoms with Gasteiger partial charge >= 0.3 is 0 Å². The molecule has 0 saturated heterocycles. The number of rotatable bonds is 4. The van der Waals surface area contributed by atoms with Crippen LogP contribution in [0.3, 0.4) is 0 Å². The quantitative estimate of drug-likeness (QED) is 0.857. The van der Waals surface area contributed by atoms with Crippen LogP contribution in [-0.2, 0) is 13.5 Å². The zero-order chi connectivity index (χ0) is 13.1. The lowest BCUT2D eigenvalue weighted by atomic mass is 10.3. The summed E-state index contributed by atoms with van der Waals surface area (Å²) in [5.74, 6) is 2.25. The number of aryl methyl sites for hydroxylation is 2. The molecule has 2 heterocycles. The van der Waals surface area contributed by atoms with Crippen molar-refractivity contribution in [1.82, 2.24) is 24.7 Å². The smallest absolute Gasteiger partial charge is 0.154 e. The highest BCUT2D eigenvalue weighted by Gasteiger charge is 2.12. The maximum absolute atomic E-state index is 5.94. The summed E-state index contributed by atoms with van der Waals surface area (Å²) < 4.78 is 1.86. The predicted molar refractivity (Wildman–Crippen MR) is 69.5 cm³/mol. The first-order valence-corrected chi connectivity index (χ1v) is 6.11. The van der Waals surface area contributed by atoms with Crippen molar-refractivity contribution in [2.75, 3.05) is 5.32 Å². The minimum absolute atomic E-state index is 0.00632. The van der Waals surface area contributed by atoms with Crippen molar-refractivity contribution in [2.45, 2.75) is 26.3 Å². The number of nitrogens with one attached hydrogen (secondary N) is 1. The van der Waals surface area contributed by atoms with Crippen molar-refractivity contribution in [1.29, 1.82) is 0 Å². The number of anilines is 1. The molecule has 6 nitrogen and oxygen atoms in total. The van der Waals surface area contributed by atoms with Gasteiger partial charge in [0, 0.05) is 19.5 Å². The van der Waals surface area contributed by atoms with Crippen LogP contribution >= 0.6 is 11.6 Å². The molecule has 1 N–H and O–H groups in total. The fraction of sp³-hybridized carbons (Fsp3) is 0.455. The van der Waals surface area contributed by atoms with Crippen LogP contribution in [0.2, 0.25) is 5.15 Å². The van der Waals surface area contributed by atoms with Gasteiger partial charge in [-0.05, 0) is 6.92 Å². The maximum Gasteiger partial charge on any atom is 0.154 e. The molecule has 0 aliphatic rings. The van der Waals surface area contributed by atoms with Gasteiger partial charge in [-0.15, -0.1) is 10.2 Å². The fourth-order valence-corrected chi connectivity index (χ4v) is 1.87. The van der Waals surface area contributed by atoms with Crippen LogP contribution < -0.4 is 5.32 Å². The maximum atomic E-state index is 5.94. The van der Waals surface area contributed by atoms with Gasteiger partial charge in [0.2, 0.25) is 0 Å². The SMILES string of the molecule is CCc1nc(Cl)cc(NC(C)c2nncn2C)n1. The third kappa shape index (κ3) is 2.76. The molecule has 1 unspecified atom stereocenters. The van der Waals surface area contributed by atoms with Crippen LogP contribution in [0.1, 0.15) is 31.5 Å². The summed E-state index contributed by atoms with van der Waals surface area (Å²) in [4.78, 5) is 8.49. The molecule has 0 spiro atoms. The largest absolute Gasteiger partial charge is 0.360 e. The lowest BCUT2D eigenvalue weighted by Gasteiger charge is -2.14. The van der Waals surface area contributed by atoms with Crippen LogP contribution in [0.4, 0.5) is 5.82 Å². The monoisotopic (exact) mass is 266 g/mol. The molecule has 0 fully saturated rings. The van der Waals surface area contributed by atoms with Gasteiger partial charge in [0.15, 0.2) is 5.82 Å². The Kier molecular flexibility index (Phi) is 3.76. The van der Waals surface area contributed by atoms with Gasteiger partial charge in [0.05, 0.1) is 6.04 Å². The van der Waals surface area contributed by atoms with Crippen molar-refractivity contribution in [3.8, 4) is 0 Å². The summed E-state index contributed by atoms with van der Waals surface area (Å²) in [5, 5.41) is 11.6. The average Bonchev–Trinajstić information content (AvgIpc) is 2.74. The first kappa shape index (κ1) is 12.8. The van der Waals surface area contributed by atoms with Gasteiger partial charge in [-0.2, -0.15) is 0 Å². The molecule has 2 aromatic heterocycles. The molecule has 96 valence electrons. The molecule has 0 aliphatic heterocycles. The van der Waals surface area contributed by atoms with Crippen LogP contribution in [0.15, 0.2) is 12.4 Å². The van der Waals surface area contributed by atoms with E-state index in [1.807, 2.05) is 25.5 Å². The second kappa shape index (κ2) is 5.30. The number of aromatic nitrogens is 5. The Morgan fingerprint density at radius 2 is 2.22 bits per heavy atom.